The van der Waals surface area contributed by atoms with Crippen molar-refractivity contribution in [3.05, 3.63) is 21.9 Å². The van der Waals surface area contributed by atoms with Crippen molar-refractivity contribution in [2.75, 3.05) is 11.4 Å². The Balaban J connectivity index is 2.28. The van der Waals surface area contributed by atoms with E-state index in [1.165, 1.54) is 18.7 Å². The van der Waals surface area contributed by atoms with Gasteiger partial charge in [0.05, 0.1) is 5.69 Å². The molecule has 0 radical (unpaired) electrons. The maximum atomic E-state index is 12.0. The smallest absolute Gasteiger partial charge is 0.228 e. The summed E-state index contributed by atoms with van der Waals surface area (Å²) in [5.41, 5.74) is 1.38. The molecule has 0 bridgehead atoms. The molecule has 1 aliphatic heterocycles. The molecule has 102 valence electrons. The van der Waals surface area contributed by atoms with Crippen LogP contribution in [0, 0.1) is 6.92 Å². The van der Waals surface area contributed by atoms with Crippen LogP contribution in [0.3, 0.4) is 0 Å². The highest BCUT2D eigenvalue weighted by Gasteiger charge is 2.34. The minimum Gasteiger partial charge on any atom is -0.308 e. The number of rotatable bonds is 2. The molecule has 19 heavy (non-hydrogen) atoms. The van der Waals surface area contributed by atoms with Gasteiger partial charge >= 0.3 is 0 Å². The fraction of sp³-hybridized carbons (Fsp3) is 0.417. The predicted molar refractivity (Wildman–Crippen MR) is 78.0 cm³/mol. The summed E-state index contributed by atoms with van der Waals surface area (Å²) in [6.45, 7) is 3.79. The molecule has 1 aromatic rings. The second-order valence-electron chi connectivity index (χ2n) is 4.34. The molecule has 0 saturated carbocycles. The summed E-state index contributed by atoms with van der Waals surface area (Å²) in [5, 5.41) is 0.493. The lowest BCUT2D eigenvalue weighted by molar-refractivity contribution is -0.117. The lowest BCUT2D eigenvalue weighted by atomic mass is 10.2. The number of pyridine rings is 1. The van der Waals surface area contributed by atoms with Crippen LogP contribution in [0.1, 0.15) is 18.9 Å². The van der Waals surface area contributed by atoms with E-state index in [9.17, 15) is 9.59 Å². The first-order valence-corrected chi connectivity index (χ1v) is 7.32. The predicted octanol–water partition coefficient (Wildman–Crippen LogP) is 3.08. The first kappa shape index (κ1) is 14.6. The van der Waals surface area contributed by atoms with E-state index in [-0.39, 0.29) is 21.4 Å². The van der Waals surface area contributed by atoms with E-state index in [1.807, 2.05) is 6.92 Å². The van der Waals surface area contributed by atoms with E-state index in [4.69, 9.17) is 23.2 Å². The Labute approximate surface area is 125 Å². The van der Waals surface area contributed by atoms with Gasteiger partial charge in [0.1, 0.15) is 5.15 Å². The molecule has 0 aliphatic carbocycles. The zero-order valence-electron chi connectivity index (χ0n) is 10.4. The van der Waals surface area contributed by atoms with Crippen molar-refractivity contribution in [1.82, 2.24) is 4.98 Å². The number of hydrogen-bond acceptors (Lipinski definition) is 4. The maximum Gasteiger partial charge on any atom is 0.228 e. The van der Waals surface area contributed by atoms with Gasteiger partial charge < -0.3 is 4.90 Å². The van der Waals surface area contributed by atoms with Crippen LogP contribution in [0.5, 0.6) is 0 Å². The minimum atomic E-state index is -0.0483. The fourth-order valence-corrected chi connectivity index (χ4v) is 3.67. The first-order valence-electron chi connectivity index (χ1n) is 5.68. The third-order valence-corrected chi connectivity index (χ3v) is 4.24. The lowest BCUT2D eigenvalue weighted by Gasteiger charge is -2.19. The standard InChI is InChI=1S/C12H12Cl2N2O2S/c1-6-3-9(13)15-12(14)11(6)16-5-8(4-10(16)18)19-7(2)17/h3,8H,4-5H2,1-2H3. The van der Waals surface area contributed by atoms with Crippen molar-refractivity contribution in [2.24, 2.45) is 0 Å². The number of halogens is 2. The lowest BCUT2D eigenvalue weighted by Crippen LogP contribution is -2.26. The average molecular weight is 319 g/mol. The summed E-state index contributed by atoms with van der Waals surface area (Å²) in [4.78, 5) is 28.7. The van der Waals surface area contributed by atoms with Crippen LogP contribution in [0.2, 0.25) is 10.3 Å². The summed E-state index contributed by atoms with van der Waals surface area (Å²) < 4.78 is 0. The fourth-order valence-electron chi connectivity index (χ4n) is 2.12. The van der Waals surface area contributed by atoms with Crippen LogP contribution in [-0.4, -0.2) is 27.8 Å². The molecule has 7 heteroatoms. The summed E-state index contributed by atoms with van der Waals surface area (Å²) in [7, 11) is 0. The van der Waals surface area contributed by atoms with Crippen molar-refractivity contribution >= 4 is 51.7 Å². The van der Waals surface area contributed by atoms with Gasteiger partial charge in [-0.05, 0) is 18.6 Å². The van der Waals surface area contributed by atoms with E-state index >= 15 is 0 Å². The molecule has 0 aromatic carbocycles. The van der Waals surface area contributed by atoms with E-state index < -0.39 is 0 Å². The van der Waals surface area contributed by atoms with E-state index in [1.54, 1.807) is 11.0 Å². The van der Waals surface area contributed by atoms with Gasteiger partial charge in [-0.15, -0.1) is 0 Å². The molecular weight excluding hydrogens is 307 g/mol. The van der Waals surface area contributed by atoms with Gasteiger partial charge in [0.15, 0.2) is 10.3 Å². The van der Waals surface area contributed by atoms with Crippen LogP contribution in [0.4, 0.5) is 5.69 Å². The van der Waals surface area contributed by atoms with Crippen LogP contribution in [0.25, 0.3) is 0 Å². The van der Waals surface area contributed by atoms with E-state index in [0.717, 1.165) is 5.56 Å². The number of aryl methyl sites for hydroxylation is 1. The zero-order chi connectivity index (χ0) is 14.2. The number of hydrogen-bond donors (Lipinski definition) is 0. The Morgan fingerprint density at radius 1 is 1.53 bits per heavy atom. The summed E-state index contributed by atoms with van der Waals surface area (Å²) in [6.07, 6.45) is 0.336. The largest absolute Gasteiger partial charge is 0.308 e. The monoisotopic (exact) mass is 318 g/mol. The number of aromatic nitrogens is 1. The SMILES string of the molecule is CC(=O)SC1CC(=O)N(c2c(C)cc(Cl)nc2Cl)C1. The molecule has 2 rings (SSSR count). The number of thioether (sulfide) groups is 1. The number of carbonyl (C=O) groups excluding carboxylic acids is 2. The van der Waals surface area contributed by atoms with Gasteiger partial charge in [0.2, 0.25) is 5.91 Å². The molecule has 1 aliphatic rings. The molecule has 0 N–H and O–H groups in total. The Morgan fingerprint density at radius 2 is 2.21 bits per heavy atom. The maximum absolute atomic E-state index is 12.0. The molecule has 1 fully saturated rings. The zero-order valence-corrected chi connectivity index (χ0v) is 12.8. The molecule has 0 spiro atoms. The number of amides is 1. The molecular formula is C12H12Cl2N2O2S. The third-order valence-electron chi connectivity index (χ3n) is 2.80. The summed E-state index contributed by atoms with van der Waals surface area (Å²) >= 11 is 13.1. The summed E-state index contributed by atoms with van der Waals surface area (Å²) in [6, 6.07) is 1.67. The molecule has 1 unspecified atom stereocenters. The Morgan fingerprint density at radius 3 is 2.79 bits per heavy atom. The van der Waals surface area contributed by atoms with Gasteiger partial charge in [0.25, 0.3) is 0 Å². The van der Waals surface area contributed by atoms with Gasteiger partial charge in [-0.2, -0.15) is 0 Å². The van der Waals surface area contributed by atoms with E-state index in [0.29, 0.717) is 23.8 Å². The van der Waals surface area contributed by atoms with Gasteiger partial charge in [-0.25, -0.2) is 4.98 Å². The van der Waals surface area contributed by atoms with Crippen LogP contribution in [0.15, 0.2) is 6.07 Å². The minimum absolute atomic E-state index is 0.0108. The number of carbonyl (C=O) groups is 2. The van der Waals surface area contributed by atoms with Crippen LogP contribution in [-0.2, 0) is 9.59 Å². The van der Waals surface area contributed by atoms with Crippen molar-refractivity contribution in [2.45, 2.75) is 25.5 Å². The number of anilines is 1. The second-order valence-corrected chi connectivity index (χ2v) is 6.56. The quantitative estimate of drug-likeness (QED) is 0.786. The molecule has 1 aromatic heterocycles. The highest BCUT2D eigenvalue weighted by atomic mass is 35.5. The molecule has 1 atom stereocenters. The Hall–Kier alpha value is -0.780. The first-order chi connectivity index (χ1) is 8.88. The van der Waals surface area contributed by atoms with Crippen molar-refractivity contribution < 1.29 is 9.59 Å². The van der Waals surface area contributed by atoms with Crippen LogP contribution >= 0.6 is 35.0 Å². The summed E-state index contributed by atoms with van der Waals surface area (Å²) in [5.74, 6) is -0.0483. The molecule has 2 heterocycles. The van der Waals surface area contributed by atoms with E-state index in [2.05, 4.69) is 4.98 Å². The van der Waals surface area contributed by atoms with Crippen molar-refractivity contribution in [1.29, 1.82) is 0 Å². The Kier molecular flexibility index (Phi) is 4.38. The van der Waals surface area contributed by atoms with Gasteiger partial charge in [-0.1, -0.05) is 35.0 Å². The highest BCUT2D eigenvalue weighted by Crippen LogP contribution is 2.35. The molecule has 1 amide bonds. The molecule has 1 saturated heterocycles. The average Bonchev–Trinajstić information content (AvgIpc) is 2.57. The van der Waals surface area contributed by atoms with Crippen molar-refractivity contribution in [3.63, 3.8) is 0 Å². The molecule has 4 nitrogen and oxygen atoms in total. The van der Waals surface area contributed by atoms with Gasteiger partial charge in [-0.3, -0.25) is 9.59 Å². The highest BCUT2D eigenvalue weighted by molar-refractivity contribution is 8.14. The van der Waals surface area contributed by atoms with Crippen LogP contribution < -0.4 is 4.90 Å². The second kappa shape index (κ2) is 5.69. The topological polar surface area (TPSA) is 50.3 Å². The number of nitrogens with zero attached hydrogens (tertiary/aromatic N) is 2. The van der Waals surface area contributed by atoms with Crippen molar-refractivity contribution in [3.8, 4) is 0 Å². The Bertz CT molecular complexity index is 528. The van der Waals surface area contributed by atoms with Gasteiger partial charge in [0, 0.05) is 25.1 Å². The normalized spacial score (nSPS) is 19.1. The third kappa shape index (κ3) is 3.22.